The van der Waals surface area contributed by atoms with Crippen molar-refractivity contribution >= 4 is 0 Å². The topological polar surface area (TPSA) is 47.3 Å². The van der Waals surface area contributed by atoms with E-state index in [9.17, 15) is 0 Å². The zero-order valence-corrected chi connectivity index (χ0v) is 11.0. The molecule has 2 rings (SSSR count). The largest absolute Gasteiger partial charge is 0.377 e. The van der Waals surface area contributed by atoms with Gasteiger partial charge in [-0.15, -0.1) is 0 Å². The molecule has 2 unspecified atom stereocenters. The summed E-state index contributed by atoms with van der Waals surface area (Å²) in [6.07, 6.45) is 4.89. The third kappa shape index (κ3) is 4.77. The molecule has 1 aliphatic rings. The van der Waals surface area contributed by atoms with E-state index < -0.39 is 0 Å². The van der Waals surface area contributed by atoms with E-state index in [0.717, 1.165) is 32.5 Å². The van der Waals surface area contributed by atoms with Crippen LogP contribution in [0.15, 0.2) is 30.3 Å². The van der Waals surface area contributed by atoms with Crippen molar-refractivity contribution in [1.29, 1.82) is 0 Å². The molecule has 0 radical (unpaired) electrons. The summed E-state index contributed by atoms with van der Waals surface area (Å²) in [4.78, 5) is 0. The van der Waals surface area contributed by atoms with Crippen LogP contribution in [0.2, 0.25) is 0 Å². The molecule has 1 saturated heterocycles. The Hall–Kier alpha value is -0.900. The third-order valence-electron chi connectivity index (χ3n) is 3.45. The normalized spacial score (nSPS) is 21.1. The SMILES string of the molecule is NC(CCc1ccccc1)CNCC1CCCO1. The highest BCUT2D eigenvalue weighted by molar-refractivity contribution is 5.14. The molecule has 1 aromatic rings. The minimum absolute atomic E-state index is 0.228. The fourth-order valence-electron chi connectivity index (χ4n) is 2.33. The fourth-order valence-corrected chi connectivity index (χ4v) is 2.33. The molecule has 1 aromatic carbocycles. The smallest absolute Gasteiger partial charge is 0.0700 e. The summed E-state index contributed by atoms with van der Waals surface area (Å²) in [5, 5.41) is 3.41. The summed E-state index contributed by atoms with van der Waals surface area (Å²) >= 11 is 0. The van der Waals surface area contributed by atoms with Crippen LogP contribution in [0.5, 0.6) is 0 Å². The van der Waals surface area contributed by atoms with Crippen molar-refractivity contribution in [2.24, 2.45) is 5.73 Å². The second-order valence-corrected chi connectivity index (χ2v) is 5.08. The second-order valence-electron chi connectivity index (χ2n) is 5.08. The molecule has 0 spiro atoms. The Morgan fingerprint density at radius 3 is 2.89 bits per heavy atom. The van der Waals surface area contributed by atoms with Crippen molar-refractivity contribution < 1.29 is 4.74 Å². The van der Waals surface area contributed by atoms with Crippen LogP contribution in [0, 0.1) is 0 Å². The summed E-state index contributed by atoms with van der Waals surface area (Å²) in [5.41, 5.74) is 7.47. The predicted molar refractivity (Wildman–Crippen MR) is 74.6 cm³/mol. The zero-order chi connectivity index (χ0) is 12.6. The van der Waals surface area contributed by atoms with Gasteiger partial charge in [-0.05, 0) is 31.2 Å². The Labute approximate surface area is 110 Å². The van der Waals surface area contributed by atoms with Gasteiger partial charge in [0.25, 0.3) is 0 Å². The lowest BCUT2D eigenvalue weighted by molar-refractivity contribution is 0.110. The van der Waals surface area contributed by atoms with E-state index in [2.05, 4.69) is 29.6 Å². The van der Waals surface area contributed by atoms with E-state index in [1.807, 2.05) is 6.07 Å². The number of aryl methyl sites for hydroxylation is 1. The number of rotatable bonds is 7. The number of hydrogen-bond donors (Lipinski definition) is 2. The molecule has 100 valence electrons. The standard InChI is InChI=1S/C15H24N2O/c16-14(9-8-13-5-2-1-3-6-13)11-17-12-15-7-4-10-18-15/h1-3,5-6,14-15,17H,4,7-12,16H2. The van der Waals surface area contributed by atoms with Crippen LogP contribution in [0.1, 0.15) is 24.8 Å². The Morgan fingerprint density at radius 2 is 2.17 bits per heavy atom. The van der Waals surface area contributed by atoms with Gasteiger partial charge >= 0.3 is 0 Å². The molecular weight excluding hydrogens is 224 g/mol. The number of benzene rings is 1. The second kappa shape index (κ2) is 7.52. The van der Waals surface area contributed by atoms with Crippen LogP contribution >= 0.6 is 0 Å². The molecule has 3 heteroatoms. The fraction of sp³-hybridized carbons (Fsp3) is 0.600. The number of ether oxygens (including phenoxy) is 1. The Balaban J connectivity index is 1.56. The summed E-state index contributed by atoms with van der Waals surface area (Å²) in [6.45, 7) is 2.75. The van der Waals surface area contributed by atoms with Gasteiger partial charge in [-0.25, -0.2) is 0 Å². The first kappa shape index (κ1) is 13.5. The van der Waals surface area contributed by atoms with Crippen molar-refractivity contribution in [1.82, 2.24) is 5.32 Å². The average Bonchev–Trinajstić information content (AvgIpc) is 2.91. The Morgan fingerprint density at radius 1 is 1.33 bits per heavy atom. The lowest BCUT2D eigenvalue weighted by Gasteiger charge is -2.15. The van der Waals surface area contributed by atoms with Crippen LogP contribution in [-0.4, -0.2) is 31.8 Å². The molecule has 0 amide bonds. The predicted octanol–water partition coefficient (Wildman–Crippen LogP) is 1.72. The van der Waals surface area contributed by atoms with E-state index in [0.29, 0.717) is 6.10 Å². The maximum Gasteiger partial charge on any atom is 0.0700 e. The Kier molecular flexibility index (Phi) is 5.65. The highest BCUT2D eigenvalue weighted by Gasteiger charge is 2.14. The lowest BCUT2D eigenvalue weighted by Crippen LogP contribution is -2.37. The third-order valence-corrected chi connectivity index (χ3v) is 3.45. The molecule has 0 aliphatic carbocycles. The molecule has 1 aliphatic heterocycles. The maximum absolute atomic E-state index is 6.10. The molecule has 2 atom stereocenters. The van der Waals surface area contributed by atoms with Crippen LogP contribution in [0.4, 0.5) is 0 Å². The van der Waals surface area contributed by atoms with Gasteiger partial charge in [-0.1, -0.05) is 30.3 Å². The quantitative estimate of drug-likeness (QED) is 0.772. The summed E-state index contributed by atoms with van der Waals surface area (Å²) in [5.74, 6) is 0. The van der Waals surface area contributed by atoms with Gasteiger partial charge in [-0.3, -0.25) is 0 Å². The first-order valence-electron chi connectivity index (χ1n) is 6.96. The molecule has 18 heavy (non-hydrogen) atoms. The molecule has 0 bridgehead atoms. The van der Waals surface area contributed by atoms with Gasteiger partial charge in [0, 0.05) is 25.7 Å². The molecule has 3 N–H and O–H groups in total. The number of nitrogens with one attached hydrogen (secondary N) is 1. The van der Waals surface area contributed by atoms with Crippen LogP contribution in [0.25, 0.3) is 0 Å². The monoisotopic (exact) mass is 248 g/mol. The first-order chi connectivity index (χ1) is 8.84. The van der Waals surface area contributed by atoms with E-state index >= 15 is 0 Å². The molecule has 1 heterocycles. The van der Waals surface area contributed by atoms with Crippen molar-refractivity contribution in [2.45, 2.75) is 37.8 Å². The van der Waals surface area contributed by atoms with Gasteiger partial charge in [0.15, 0.2) is 0 Å². The first-order valence-corrected chi connectivity index (χ1v) is 6.96. The van der Waals surface area contributed by atoms with Gasteiger partial charge in [0.05, 0.1) is 6.10 Å². The molecule has 3 nitrogen and oxygen atoms in total. The highest BCUT2D eigenvalue weighted by atomic mass is 16.5. The number of hydrogen-bond acceptors (Lipinski definition) is 3. The molecular formula is C15H24N2O. The van der Waals surface area contributed by atoms with E-state index in [1.165, 1.54) is 18.4 Å². The minimum atomic E-state index is 0.228. The minimum Gasteiger partial charge on any atom is -0.377 e. The maximum atomic E-state index is 6.10. The zero-order valence-electron chi connectivity index (χ0n) is 11.0. The summed E-state index contributed by atoms with van der Waals surface area (Å²) in [6, 6.07) is 10.8. The Bertz CT molecular complexity index is 323. The van der Waals surface area contributed by atoms with E-state index in [4.69, 9.17) is 10.5 Å². The van der Waals surface area contributed by atoms with Crippen molar-refractivity contribution in [3.8, 4) is 0 Å². The van der Waals surface area contributed by atoms with Crippen LogP contribution in [-0.2, 0) is 11.2 Å². The number of nitrogens with two attached hydrogens (primary N) is 1. The van der Waals surface area contributed by atoms with Gasteiger partial charge < -0.3 is 15.8 Å². The lowest BCUT2D eigenvalue weighted by atomic mass is 10.1. The van der Waals surface area contributed by atoms with Crippen molar-refractivity contribution in [3.63, 3.8) is 0 Å². The van der Waals surface area contributed by atoms with Crippen molar-refractivity contribution in [2.75, 3.05) is 19.7 Å². The summed E-state index contributed by atoms with van der Waals surface area (Å²) in [7, 11) is 0. The average molecular weight is 248 g/mol. The van der Waals surface area contributed by atoms with E-state index in [1.54, 1.807) is 0 Å². The van der Waals surface area contributed by atoms with Crippen LogP contribution < -0.4 is 11.1 Å². The van der Waals surface area contributed by atoms with Crippen LogP contribution in [0.3, 0.4) is 0 Å². The highest BCUT2D eigenvalue weighted by Crippen LogP contribution is 2.10. The van der Waals surface area contributed by atoms with Gasteiger partial charge in [0.2, 0.25) is 0 Å². The summed E-state index contributed by atoms with van der Waals surface area (Å²) < 4.78 is 5.56. The van der Waals surface area contributed by atoms with Gasteiger partial charge in [-0.2, -0.15) is 0 Å². The molecule has 0 aromatic heterocycles. The van der Waals surface area contributed by atoms with Crippen molar-refractivity contribution in [3.05, 3.63) is 35.9 Å². The molecule has 0 saturated carbocycles. The molecule has 1 fully saturated rings. The van der Waals surface area contributed by atoms with E-state index in [-0.39, 0.29) is 6.04 Å². The van der Waals surface area contributed by atoms with Gasteiger partial charge in [0.1, 0.15) is 0 Å².